The second-order valence-corrected chi connectivity index (χ2v) is 4.53. The smallest absolute Gasteiger partial charge is 0.141 e. The first-order valence-corrected chi connectivity index (χ1v) is 6.24. The molecule has 100 valence electrons. The highest BCUT2D eigenvalue weighted by atomic mass is 16.5. The van der Waals surface area contributed by atoms with Crippen LogP contribution >= 0.6 is 0 Å². The van der Waals surface area contributed by atoms with Gasteiger partial charge in [0.1, 0.15) is 5.75 Å². The third-order valence-electron chi connectivity index (χ3n) is 3.14. The molecule has 0 bridgehead atoms. The fourth-order valence-corrected chi connectivity index (χ4v) is 2.18. The maximum Gasteiger partial charge on any atom is 0.141 e. The van der Waals surface area contributed by atoms with Crippen molar-refractivity contribution in [1.29, 1.82) is 0 Å². The van der Waals surface area contributed by atoms with Gasteiger partial charge in [-0.3, -0.25) is 16.3 Å². The van der Waals surface area contributed by atoms with Crippen LogP contribution in [0.5, 0.6) is 5.75 Å². The molecule has 19 heavy (non-hydrogen) atoms. The summed E-state index contributed by atoms with van der Waals surface area (Å²) in [4.78, 5) is 4.06. The molecule has 1 aromatic carbocycles. The molecule has 0 aliphatic carbocycles. The van der Waals surface area contributed by atoms with Crippen LogP contribution in [0.3, 0.4) is 0 Å². The number of nitrogens with zero attached hydrogens (tertiary/aromatic N) is 1. The summed E-state index contributed by atoms with van der Waals surface area (Å²) in [6, 6.07) is 10.3. The standard InChI is InChI=1S/C15H19N3O/c1-11-4-3-5-12(8-11)9-14(18-16)13-6-7-17-10-15(13)19-2/h3-8,10,14,18H,9,16H2,1-2H3. The van der Waals surface area contributed by atoms with Gasteiger partial charge in [0.2, 0.25) is 0 Å². The molecule has 0 amide bonds. The topological polar surface area (TPSA) is 60.2 Å². The first-order valence-electron chi connectivity index (χ1n) is 6.24. The zero-order valence-electron chi connectivity index (χ0n) is 11.3. The number of rotatable bonds is 5. The molecule has 1 atom stereocenters. The van der Waals surface area contributed by atoms with Crippen molar-refractivity contribution in [2.45, 2.75) is 19.4 Å². The monoisotopic (exact) mass is 257 g/mol. The van der Waals surface area contributed by atoms with Gasteiger partial charge in [0, 0.05) is 11.8 Å². The Morgan fingerprint density at radius 1 is 1.37 bits per heavy atom. The number of benzene rings is 1. The Morgan fingerprint density at radius 3 is 2.89 bits per heavy atom. The molecule has 1 aromatic heterocycles. The molecule has 0 spiro atoms. The van der Waals surface area contributed by atoms with Crippen molar-refractivity contribution in [3.63, 3.8) is 0 Å². The van der Waals surface area contributed by atoms with Crippen LogP contribution in [-0.2, 0) is 6.42 Å². The number of nitrogens with one attached hydrogen (secondary N) is 1. The minimum atomic E-state index is -0.000231. The Morgan fingerprint density at radius 2 is 2.21 bits per heavy atom. The van der Waals surface area contributed by atoms with Crippen molar-refractivity contribution in [1.82, 2.24) is 10.4 Å². The lowest BCUT2D eigenvalue weighted by atomic mass is 9.98. The van der Waals surface area contributed by atoms with E-state index >= 15 is 0 Å². The molecule has 1 heterocycles. The van der Waals surface area contributed by atoms with Crippen LogP contribution in [0, 0.1) is 6.92 Å². The number of nitrogens with two attached hydrogens (primary N) is 1. The summed E-state index contributed by atoms with van der Waals surface area (Å²) in [6.45, 7) is 2.08. The Balaban J connectivity index is 2.25. The SMILES string of the molecule is COc1cnccc1C(Cc1cccc(C)c1)NN. The summed E-state index contributed by atoms with van der Waals surface area (Å²) >= 11 is 0. The summed E-state index contributed by atoms with van der Waals surface area (Å²) in [5.74, 6) is 6.44. The zero-order valence-corrected chi connectivity index (χ0v) is 11.3. The van der Waals surface area contributed by atoms with Crippen molar-refractivity contribution in [3.05, 3.63) is 59.4 Å². The van der Waals surface area contributed by atoms with Crippen molar-refractivity contribution in [3.8, 4) is 5.75 Å². The van der Waals surface area contributed by atoms with E-state index in [1.807, 2.05) is 6.07 Å². The first-order chi connectivity index (χ1) is 9.24. The predicted octanol–water partition coefficient (Wildman–Crippen LogP) is 2.15. The molecule has 4 nitrogen and oxygen atoms in total. The van der Waals surface area contributed by atoms with E-state index in [4.69, 9.17) is 10.6 Å². The average Bonchev–Trinajstić information content (AvgIpc) is 2.45. The molecular weight excluding hydrogens is 238 g/mol. The molecular formula is C15H19N3O. The Hall–Kier alpha value is -1.91. The van der Waals surface area contributed by atoms with Gasteiger partial charge in [0.15, 0.2) is 0 Å². The quantitative estimate of drug-likeness (QED) is 0.636. The van der Waals surface area contributed by atoms with Gasteiger partial charge in [-0.05, 0) is 25.0 Å². The van der Waals surface area contributed by atoms with E-state index in [1.165, 1.54) is 11.1 Å². The van der Waals surface area contributed by atoms with Crippen molar-refractivity contribution in [2.24, 2.45) is 5.84 Å². The Kier molecular flexibility index (Phi) is 4.49. The molecule has 0 fully saturated rings. The van der Waals surface area contributed by atoms with Gasteiger partial charge in [0.25, 0.3) is 0 Å². The maximum atomic E-state index is 5.69. The van der Waals surface area contributed by atoms with Gasteiger partial charge < -0.3 is 4.74 Å². The number of aromatic nitrogens is 1. The molecule has 0 aliphatic rings. The second kappa shape index (κ2) is 6.31. The third-order valence-corrected chi connectivity index (χ3v) is 3.14. The minimum Gasteiger partial charge on any atom is -0.495 e. The number of ether oxygens (including phenoxy) is 1. The van der Waals surface area contributed by atoms with Crippen molar-refractivity contribution in [2.75, 3.05) is 7.11 Å². The number of methoxy groups -OCH3 is 1. The van der Waals surface area contributed by atoms with E-state index in [2.05, 4.69) is 41.6 Å². The third kappa shape index (κ3) is 3.30. The molecule has 0 saturated carbocycles. The Labute approximate surface area is 113 Å². The number of hydrogen-bond donors (Lipinski definition) is 2. The van der Waals surface area contributed by atoms with Crippen LogP contribution < -0.4 is 16.0 Å². The molecule has 0 aliphatic heterocycles. The van der Waals surface area contributed by atoms with Gasteiger partial charge in [-0.25, -0.2) is 0 Å². The van der Waals surface area contributed by atoms with E-state index in [0.717, 1.165) is 17.7 Å². The molecule has 2 rings (SSSR count). The molecule has 3 N–H and O–H groups in total. The lowest BCUT2D eigenvalue weighted by Gasteiger charge is -2.19. The van der Waals surface area contributed by atoms with Gasteiger partial charge in [-0.15, -0.1) is 0 Å². The fourth-order valence-electron chi connectivity index (χ4n) is 2.18. The van der Waals surface area contributed by atoms with Crippen LogP contribution in [0.1, 0.15) is 22.7 Å². The lowest BCUT2D eigenvalue weighted by molar-refractivity contribution is 0.397. The molecule has 1 unspecified atom stereocenters. The first kappa shape index (κ1) is 13.5. The summed E-state index contributed by atoms with van der Waals surface area (Å²) in [5.41, 5.74) is 6.35. The predicted molar refractivity (Wildman–Crippen MR) is 75.7 cm³/mol. The van der Waals surface area contributed by atoms with Crippen molar-refractivity contribution < 1.29 is 4.74 Å². The average molecular weight is 257 g/mol. The lowest BCUT2D eigenvalue weighted by Crippen LogP contribution is -2.30. The normalized spacial score (nSPS) is 12.2. The van der Waals surface area contributed by atoms with Crippen molar-refractivity contribution >= 4 is 0 Å². The largest absolute Gasteiger partial charge is 0.495 e. The molecule has 2 aromatic rings. The van der Waals surface area contributed by atoms with E-state index in [-0.39, 0.29) is 6.04 Å². The van der Waals surface area contributed by atoms with Gasteiger partial charge >= 0.3 is 0 Å². The van der Waals surface area contributed by atoms with Crippen LogP contribution in [0.4, 0.5) is 0 Å². The van der Waals surface area contributed by atoms with Gasteiger partial charge in [-0.2, -0.15) is 0 Å². The van der Waals surface area contributed by atoms with Crippen LogP contribution in [0.15, 0.2) is 42.7 Å². The number of hydrogen-bond acceptors (Lipinski definition) is 4. The Bertz CT molecular complexity index is 542. The number of pyridine rings is 1. The second-order valence-electron chi connectivity index (χ2n) is 4.53. The minimum absolute atomic E-state index is 0.000231. The van der Waals surface area contributed by atoms with E-state index in [1.54, 1.807) is 19.5 Å². The van der Waals surface area contributed by atoms with Gasteiger partial charge in [0.05, 0.1) is 19.3 Å². The summed E-state index contributed by atoms with van der Waals surface area (Å²) in [7, 11) is 1.64. The van der Waals surface area contributed by atoms with Crippen LogP contribution in [0.25, 0.3) is 0 Å². The number of aryl methyl sites for hydroxylation is 1. The van der Waals surface area contributed by atoms with E-state index < -0.39 is 0 Å². The molecule has 4 heteroatoms. The van der Waals surface area contributed by atoms with Gasteiger partial charge in [-0.1, -0.05) is 29.8 Å². The zero-order chi connectivity index (χ0) is 13.7. The van der Waals surface area contributed by atoms with Crippen LogP contribution in [-0.4, -0.2) is 12.1 Å². The maximum absolute atomic E-state index is 5.69. The van der Waals surface area contributed by atoms with E-state index in [0.29, 0.717) is 0 Å². The van der Waals surface area contributed by atoms with Crippen LogP contribution in [0.2, 0.25) is 0 Å². The molecule has 0 radical (unpaired) electrons. The summed E-state index contributed by atoms with van der Waals surface area (Å²) in [5, 5.41) is 0. The summed E-state index contributed by atoms with van der Waals surface area (Å²) < 4.78 is 5.33. The number of hydrazine groups is 1. The highest BCUT2D eigenvalue weighted by Crippen LogP contribution is 2.26. The molecule has 0 saturated heterocycles. The highest BCUT2D eigenvalue weighted by molar-refractivity contribution is 5.34. The highest BCUT2D eigenvalue weighted by Gasteiger charge is 2.15. The summed E-state index contributed by atoms with van der Waals surface area (Å²) in [6.07, 6.45) is 4.26. The fraction of sp³-hybridized carbons (Fsp3) is 0.267. The van der Waals surface area contributed by atoms with E-state index in [9.17, 15) is 0 Å².